The number of rotatable bonds is 10. The van der Waals surface area contributed by atoms with Crippen molar-refractivity contribution in [2.24, 2.45) is 0 Å². The van der Waals surface area contributed by atoms with Gasteiger partial charge >= 0.3 is 0 Å². The van der Waals surface area contributed by atoms with Crippen LogP contribution in [0.15, 0.2) is 261 Å². The Bertz CT molecular complexity index is 3310. The molecule has 0 fully saturated rings. The van der Waals surface area contributed by atoms with Gasteiger partial charge in [-0.25, -0.2) is 15.0 Å². The summed E-state index contributed by atoms with van der Waals surface area (Å²) in [6, 6.07) is 91.7. The quantitative estimate of drug-likeness (QED) is 0.138. The highest BCUT2D eigenvalue weighted by Crippen LogP contribution is 2.49. The fourth-order valence-electron chi connectivity index (χ4n) is 8.97. The summed E-state index contributed by atoms with van der Waals surface area (Å²) in [5.74, 6) is 0.686. The van der Waals surface area contributed by atoms with E-state index in [9.17, 15) is 0 Å². The Kier molecular flexibility index (Phi) is 11.0. The van der Waals surface area contributed by atoms with Gasteiger partial charge in [0.2, 0.25) is 0 Å². The molecule has 3 heteroatoms. The number of hydrogen-bond acceptors (Lipinski definition) is 3. The van der Waals surface area contributed by atoms with Gasteiger partial charge in [0.05, 0.1) is 22.8 Å². The lowest BCUT2D eigenvalue weighted by molar-refractivity contribution is 1.18. The molecule has 0 aliphatic rings. The monoisotopic (exact) mass is 841 g/mol. The molecule has 0 atom stereocenters. The summed E-state index contributed by atoms with van der Waals surface area (Å²) < 4.78 is 0. The third-order valence-electron chi connectivity index (χ3n) is 12.1. The Hall–Kier alpha value is -8.79. The second kappa shape index (κ2) is 18.1. The maximum absolute atomic E-state index is 5.62. The molecule has 0 aliphatic heterocycles. The number of benzene rings is 9. The molecule has 11 aromatic rings. The molecule has 0 saturated heterocycles. The Morgan fingerprint density at radius 3 is 1.11 bits per heavy atom. The Balaban J connectivity index is 1.07. The highest BCUT2D eigenvalue weighted by Gasteiger charge is 2.25. The molecule has 11 rings (SSSR count). The average Bonchev–Trinajstić information content (AvgIpc) is 3.41. The molecule has 0 saturated carbocycles. The van der Waals surface area contributed by atoms with Crippen LogP contribution in [0, 0.1) is 0 Å². The van der Waals surface area contributed by atoms with Crippen molar-refractivity contribution < 1.29 is 0 Å². The molecule has 0 radical (unpaired) electrons. The van der Waals surface area contributed by atoms with Crippen LogP contribution in [-0.2, 0) is 0 Å². The predicted octanol–water partition coefficient (Wildman–Crippen LogP) is 16.5. The second-order valence-electron chi connectivity index (χ2n) is 16.3. The zero-order valence-corrected chi connectivity index (χ0v) is 36.2. The molecule has 0 unspecified atom stereocenters. The molecule has 0 N–H and O–H groups in total. The Morgan fingerprint density at radius 2 is 0.576 bits per heavy atom. The van der Waals surface area contributed by atoms with Crippen molar-refractivity contribution in [2.45, 2.75) is 0 Å². The van der Waals surface area contributed by atoms with Crippen molar-refractivity contribution in [1.29, 1.82) is 0 Å². The summed E-state index contributed by atoms with van der Waals surface area (Å²) in [7, 11) is 0. The van der Waals surface area contributed by atoms with E-state index in [1.165, 1.54) is 0 Å². The van der Waals surface area contributed by atoms with E-state index in [0.717, 1.165) is 106 Å². The van der Waals surface area contributed by atoms with Crippen LogP contribution in [-0.4, -0.2) is 15.0 Å². The van der Waals surface area contributed by atoms with Crippen molar-refractivity contribution in [3.8, 4) is 112 Å². The zero-order chi connectivity index (χ0) is 44.1. The summed E-state index contributed by atoms with van der Waals surface area (Å²) in [5.41, 5.74) is 19.9. The summed E-state index contributed by atoms with van der Waals surface area (Å²) in [4.78, 5) is 16.0. The van der Waals surface area contributed by atoms with Crippen molar-refractivity contribution >= 4 is 0 Å². The van der Waals surface area contributed by atoms with Crippen molar-refractivity contribution in [1.82, 2.24) is 15.0 Å². The molecule has 0 spiro atoms. The van der Waals surface area contributed by atoms with Crippen LogP contribution in [0.2, 0.25) is 0 Å². The summed E-state index contributed by atoms with van der Waals surface area (Å²) in [5, 5.41) is 0. The second-order valence-corrected chi connectivity index (χ2v) is 16.3. The first-order valence-electron chi connectivity index (χ1n) is 22.4. The van der Waals surface area contributed by atoms with E-state index in [2.05, 4.69) is 243 Å². The van der Waals surface area contributed by atoms with Gasteiger partial charge in [-0.3, -0.25) is 0 Å². The van der Waals surface area contributed by atoms with E-state index in [4.69, 9.17) is 15.0 Å². The molecule has 0 bridgehead atoms. The first-order valence-corrected chi connectivity index (χ1v) is 22.4. The fourth-order valence-corrected chi connectivity index (χ4v) is 8.97. The number of nitrogens with zero attached hydrogens (tertiary/aromatic N) is 3. The smallest absolute Gasteiger partial charge is 0.160 e. The van der Waals surface area contributed by atoms with Gasteiger partial charge < -0.3 is 0 Å². The molecule has 0 aliphatic carbocycles. The summed E-state index contributed by atoms with van der Waals surface area (Å²) >= 11 is 0. The number of pyridine rings is 1. The molecule has 3 nitrogen and oxygen atoms in total. The normalized spacial score (nSPS) is 11.0. The lowest BCUT2D eigenvalue weighted by atomic mass is 9.83. The highest BCUT2D eigenvalue weighted by molar-refractivity contribution is 6.05. The number of hydrogen-bond donors (Lipinski definition) is 0. The van der Waals surface area contributed by atoms with Crippen molar-refractivity contribution in [3.05, 3.63) is 261 Å². The van der Waals surface area contributed by atoms with Crippen molar-refractivity contribution in [3.63, 3.8) is 0 Å². The van der Waals surface area contributed by atoms with Crippen LogP contribution in [0.4, 0.5) is 0 Å². The molecule has 0 amide bonds. The van der Waals surface area contributed by atoms with Crippen LogP contribution in [0.5, 0.6) is 0 Å². The first-order chi connectivity index (χ1) is 32.7. The van der Waals surface area contributed by atoms with E-state index >= 15 is 0 Å². The molecular weight excluding hydrogens is 799 g/mol. The van der Waals surface area contributed by atoms with E-state index < -0.39 is 0 Å². The molecule has 66 heavy (non-hydrogen) atoms. The third kappa shape index (κ3) is 8.02. The van der Waals surface area contributed by atoms with Gasteiger partial charge in [0, 0.05) is 44.5 Å². The average molecular weight is 842 g/mol. The van der Waals surface area contributed by atoms with Gasteiger partial charge in [0.1, 0.15) is 0 Å². The van der Waals surface area contributed by atoms with Gasteiger partial charge in [-0.05, 0) is 51.1 Å². The minimum Gasteiger partial charge on any atom is -0.246 e. The molecular formula is C63H43N3. The van der Waals surface area contributed by atoms with Gasteiger partial charge in [0.25, 0.3) is 0 Å². The Labute approximate surface area is 386 Å². The van der Waals surface area contributed by atoms with Crippen LogP contribution >= 0.6 is 0 Å². The largest absolute Gasteiger partial charge is 0.246 e. The summed E-state index contributed by atoms with van der Waals surface area (Å²) in [6.07, 6.45) is 0. The van der Waals surface area contributed by atoms with Crippen LogP contribution in [0.1, 0.15) is 0 Å². The van der Waals surface area contributed by atoms with Crippen LogP contribution in [0.3, 0.4) is 0 Å². The lowest BCUT2D eigenvalue weighted by Crippen LogP contribution is -2.01. The van der Waals surface area contributed by atoms with Gasteiger partial charge in [-0.15, -0.1) is 0 Å². The van der Waals surface area contributed by atoms with Gasteiger partial charge in [0.15, 0.2) is 5.82 Å². The SMILES string of the molecule is c1ccc(-c2nc(-c3cccc(-c4ccc(-c5c(-c6ccccc6)c(-c6ccccc6)nc(-c6ccccc6)c5-c5ccccc5)cc4)c3)cc(-c3ccccc3-c3ccccc3)n2)cc1. The van der Waals surface area contributed by atoms with E-state index in [1.807, 2.05) is 18.2 Å². The molecule has 310 valence electrons. The van der Waals surface area contributed by atoms with E-state index in [1.54, 1.807) is 0 Å². The Morgan fingerprint density at radius 1 is 0.197 bits per heavy atom. The minimum atomic E-state index is 0.686. The van der Waals surface area contributed by atoms with E-state index in [-0.39, 0.29) is 0 Å². The maximum Gasteiger partial charge on any atom is 0.160 e. The fraction of sp³-hybridized carbons (Fsp3) is 0. The van der Waals surface area contributed by atoms with E-state index in [0.29, 0.717) is 5.82 Å². The minimum absolute atomic E-state index is 0.686. The van der Waals surface area contributed by atoms with Gasteiger partial charge in [-0.1, -0.05) is 249 Å². The maximum atomic E-state index is 5.62. The molecule has 9 aromatic carbocycles. The van der Waals surface area contributed by atoms with Gasteiger partial charge in [-0.2, -0.15) is 0 Å². The van der Waals surface area contributed by atoms with Crippen LogP contribution in [0.25, 0.3) is 112 Å². The lowest BCUT2D eigenvalue weighted by Gasteiger charge is -2.23. The van der Waals surface area contributed by atoms with Crippen LogP contribution < -0.4 is 0 Å². The summed E-state index contributed by atoms with van der Waals surface area (Å²) in [6.45, 7) is 0. The molecule has 2 heterocycles. The third-order valence-corrected chi connectivity index (χ3v) is 12.1. The number of aromatic nitrogens is 3. The first kappa shape index (κ1) is 40.0. The molecule has 2 aromatic heterocycles. The topological polar surface area (TPSA) is 38.7 Å². The zero-order valence-electron chi connectivity index (χ0n) is 36.2. The highest BCUT2D eigenvalue weighted by atomic mass is 14.9. The standard InChI is InChI=1S/C63H43N3/c1-7-22-45(23-8-1)54-36-19-20-37-55(54)57-43-56(64-63(65-57)51-32-17-6-18-33-51)53-35-21-34-52(42-53)44-38-40-48(41-39-44)58-59(46-24-9-2-10-25-46)61(49-28-13-4-14-29-49)66-62(50-30-15-5-16-31-50)60(58)47-26-11-3-12-27-47/h1-43H. The van der Waals surface area contributed by atoms with Crippen molar-refractivity contribution in [2.75, 3.05) is 0 Å². The predicted molar refractivity (Wildman–Crippen MR) is 274 cm³/mol.